The van der Waals surface area contributed by atoms with E-state index in [2.05, 4.69) is 11.1 Å². The first-order valence-electron chi connectivity index (χ1n) is 4.46. The molecule has 0 heterocycles. The second kappa shape index (κ2) is 8.25. The van der Waals surface area contributed by atoms with Gasteiger partial charge in [0.25, 0.3) is 0 Å². The van der Waals surface area contributed by atoms with Crippen molar-refractivity contribution in [3.63, 3.8) is 0 Å². The van der Waals surface area contributed by atoms with Crippen LogP contribution in [0.1, 0.15) is 0 Å². The van der Waals surface area contributed by atoms with E-state index < -0.39 is 18.6 Å². The van der Waals surface area contributed by atoms with Crippen molar-refractivity contribution < 1.29 is 19.8 Å². The van der Waals surface area contributed by atoms with Crippen LogP contribution in [0.15, 0.2) is 30.3 Å². The number of carbonyl (C=O) groups excluding carboxylic acids is 1. The number of aliphatic hydroxyl groups excluding tert-OH is 1. The van der Waals surface area contributed by atoms with Crippen molar-refractivity contribution in [1.29, 1.82) is 0 Å². The van der Waals surface area contributed by atoms with Gasteiger partial charge in [0.05, 0.1) is 6.61 Å². The number of aliphatic carboxylic acids is 1. The van der Waals surface area contributed by atoms with Crippen LogP contribution in [0.4, 0.5) is 5.69 Å². The van der Waals surface area contributed by atoms with E-state index in [0.717, 1.165) is 0 Å². The van der Waals surface area contributed by atoms with Gasteiger partial charge in [0.15, 0.2) is 0 Å². The first kappa shape index (κ1) is 13.9. The van der Waals surface area contributed by atoms with Gasteiger partial charge in [-0.25, -0.2) is 4.79 Å². The third-order valence-electron chi connectivity index (χ3n) is 1.60. The summed E-state index contributed by atoms with van der Waals surface area (Å²) in [6.45, 7) is -0.426. The molecule has 6 nitrogen and oxygen atoms in total. The van der Waals surface area contributed by atoms with Crippen molar-refractivity contribution in [2.24, 2.45) is 5.73 Å². The van der Waals surface area contributed by atoms with E-state index in [1.54, 1.807) is 24.3 Å². The largest absolute Gasteiger partial charge is 0.480 e. The number of benzene rings is 1. The molecule has 0 aliphatic rings. The molecule has 1 amide bonds. The smallest absolute Gasteiger partial charge is 0.328 e. The third kappa shape index (κ3) is 5.61. The normalized spacial score (nSPS) is 10.6. The van der Waals surface area contributed by atoms with Crippen LogP contribution in [0.5, 0.6) is 0 Å². The summed E-state index contributed by atoms with van der Waals surface area (Å²) in [5.41, 5.74) is 4.85. The van der Waals surface area contributed by atoms with Crippen molar-refractivity contribution >= 4 is 18.1 Å². The fourth-order valence-corrected chi connectivity index (χ4v) is 0.921. The minimum Gasteiger partial charge on any atom is -0.480 e. The molecule has 0 aromatic heterocycles. The van der Waals surface area contributed by atoms with Gasteiger partial charge in [0, 0.05) is 5.69 Å². The van der Waals surface area contributed by atoms with Crippen LogP contribution in [-0.2, 0) is 9.59 Å². The van der Waals surface area contributed by atoms with E-state index in [1.165, 1.54) is 0 Å². The zero-order valence-corrected chi connectivity index (χ0v) is 8.54. The van der Waals surface area contributed by atoms with E-state index >= 15 is 0 Å². The minimum absolute atomic E-state index is 0.250. The van der Waals surface area contributed by atoms with E-state index in [9.17, 15) is 4.79 Å². The summed E-state index contributed by atoms with van der Waals surface area (Å²) < 4.78 is 0. The fraction of sp³-hybridized carbons (Fsp3) is 0.200. The Morgan fingerprint density at radius 1 is 1.44 bits per heavy atom. The van der Waals surface area contributed by atoms with Crippen LogP contribution < -0.4 is 11.1 Å². The highest BCUT2D eigenvalue weighted by Crippen LogP contribution is 2.06. The number of hydrogen-bond acceptors (Lipinski definition) is 4. The molecule has 0 saturated carbocycles. The molecule has 1 aromatic carbocycles. The SMILES string of the molecule is NC=O.O=C(O)C(CO)Nc1ccccc1. The summed E-state index contributed by atoms with van der Waals surface area (Å²) in [7, 11) is 0. The maximum atomic E-state index is 10.5. The summed E-state index contributed by atoms with van der Waals surface area (Å²) in [5.74, 6) is -1.06. The Morgan fingerprint density at radius 3 is 2.31 bits per heavy atom. The van der Waals surface area contributed by atoms with E-state index in [1.807, 2.05) is 6.07 Å². The van der Waals surface area contributed by atoms with Crippen molar-refractivity contribution in [3.8, 4) is 0 Å². The Morgan fingerprint density at radius 2 is 1.94 bits per heavy atom. The second-order valence-corrected chi connectivity index (χ2v) is 2.72. The standard InChI is InChI=1S/C9H11NO3.CH3NO/c11-6-8(9(12)13)10-7-4-2-1-3-5-7;2-1-3/h1-5,8,10-11H,6H2,(H,12,13);1H,(H2,2,3). The summed E-state index contributed by atoms with van der Waals surface area (Å²) in [6, 6.07) is 7.95. The van der Waals surface area contributed by atoms with Gasteiger partial charge < -0.3 is 21.3 Å². The first-order chi connectivity index (χ1) is 7.65. The fourth-order valence-electron chi connectivity index (χ4n) is 0.921. The average molecular weight is 226 g/mol. The quantitative estimate of drug-likeness (QED) is 0.524. The predicted molar refractivity (Wildman–Crippen MR) is 58.8 cm³/mol. The number of hydrogen-bond donors (Lipinski definition) is 4. The summed E-state index contributed by atoms with van der Waals surface area (Å²) in [6.07, 6.45) is 0.250. The lowest BCUT2D eigenvalue weighted by Gasteiger charge is -2.12. The van der Waals surface area contributed by atoms with Crippen LogP contribution in [-0.4, -0.2) is 35.2 Å². The van der Waals surface area contributed by atoms with Crippen molar-refractivity contribution in [1.82, 2.24) is 0 Å². The Hall–Kier alpha value is -2.08. The molecule has 1 unspecified atom stereocenters. The molecule has 1 atom stereocenters. The second-order valence-electron chi connectivity index (χ2n) is 2.72. The van der Waals surface area contributed by atoms with Crippen LogP contribution in [0.25, 0.3) is 0 Å². The number of carbonyl (C=O) groups is 2. The molecule has 0 spiro atoms. The Kier molecular flexibility index (Phi) is 7.17. The highest BCUT2D eigenvalue weighted by molar-refractivity contribution is 5.77. The van der Waals surface area contributed by atoms with Gasteiger partial charge in [-0.05, 0) is 12.1 Å². The molecule has 0 fully saturated rings. The molecular formula is C10H14N2O4. The van der Waals surface area contributed by atoms with E-state index in [4.69, 9.17) is 15.0 Å². The van der Waals surface area contributed by atoms with Gasteiger partial charge in [-0.15, -0.1) is 0 Å². The summed E-state index contributed by atoms with van der Waals surface area (Å²) >= 11 is 0. The lowest BCUT2D eigenvalue weighted by atomic mass is 10.2. The third-order valence-corrected chi connectivity index (χ3v) is 1.60. The first-order valence-corrected chi connectivity index (χ1v) is 4.46. The Labute approximate surface area is 92.7 Å². The number of primary amides is 1. The van der Waals surface area contributed by atoms with Crippen LogP contribution in [0.2, 0.25) is 0 Å². The zero-order chi connectivity index (χ0) is 12.4. The van der Waals surface area contributed by atoms with Gasteiger partial charge in [0.2, 0.25) is 6.41 Å². The number of carboxylic acids is 1. The Bertz CT molecular complexity index is 316. The number of para-hydroxylation sites is 1. The molecule has 0 aliphatic carbocycles. The van der Waals surface area contributed by atoms with Crippen LogP contribution in [0, 0.1) is 0 Å². The number of aliphatic hydroxyl groups is 1. The van der Waals surface area contributed by atoms with Gasteiger partial charge in [0.1, 0.15) is 6.04 Å². The molecule has 16 heavy (non-hydrogen) atoms. The minimum atomic E-state index is -1.06. The van der Waals surface area contributed by atoms with Crippen molar-refractivity contribution in [2.45, 2.75) is 6.04 Å². The zero-order valence-electron chi connectivity index (χ0n) is 8.54. The average Bonchev–Trinajstić information content (AvgIpc) is 2.28. The summed E-state index contributed by atoms with van der Waals surface area (Å²) in [4.78, 5) is 19.1. The Balaban J connectivity index is 0.000000673. The molecule has 0 bridgehead atoms. The van der Waals surface area contributed by atoms with Crippen molar-refractivity contribution in [2.75, 3.05) is 11.9 Å². The lowest BCUT2D eigenvalue weighted by Crippen LogP contribution is -2.32. The highest BCUT2D eigenvalue weighted by atomic mass is 16.4. The highest BCUT2D eigenvalue weighted by Gasteiger charge is 2.14. The molecule has 0 aliphatic heterocycles. The number of amides is 1. The molecule has 88 valence electrons. The van der Waals surface area contributed by atoms with E-state index in [-0.39, 0.29) is 6.41 Å². The van der Waals surface area contributed by atoms with Crippen LogP contribution >= 0.6 is 0 Å². The molecule has 0 radical (unpaired) electrons. The number of nitrogens with one attached hydrogen (secondary N) is 1. The van der Waals surface area contributed by atoms with Crippen molar-refractivity contribution in [3.05, 3.63) is 30.3 Å². The molecule has 0 saturated heterocycles. The van der Waals surface area contributed by atoms with E-state index in [0.29, 0.717) is 5.69 Å². The summed E-state index contributed by atoms with van der Waals surface area (Å²) in [5, 5.41) is 20.0. The lowest BCUT2D eigenvalue weighted by molar-refractivity contribution is -0.138. The molecule has 6 heteroatoms. The molecule has 5 N–H and O–H groups in total. The number of nitrogens with two attached hydrogens (primary N) is 1. The maximum Gasteiger partial charge on any atom is 0.328 e. The molecule has 1 aromatic rings. The number of carboxylic acid groups (broad SMARTS) is 1. The monoisotopic (exact) mass is 226 g/mol. The van der Waals surface area contributed by atoms with Crippen LogP contribution in [0.3, 0.4) is 0 Å². The topological polar surface area (TPSA) is 113 Å². The number of rotatable bonds is 4. The molecular weight excluding hydrogens is 212 g/mol. The number of anilines is 1. The van der Waals surface area contributed by atoms with Gasteiger partial charge >= 0.3 is 5.97 Å². The maximum absolute atomic E-state index is 10.5. The van der Waals surface area contributed by atoms with Gasteiger partial charge in [-0.2, -0.15) is 0 Å². The van der Waals surface area contributed by atoms with Gasteiger partial charge in [-0.3, -0.25) is 4.79 Å². The predicted octanol–water partition coefficient (Wildman–Crippen LogP) is -0.354. The molecule has 1 rings (SSSR count). The van der Waals surface area contributed by atoms with Gasteiger partial charge in [-0.1, -0.05) is 18.2 Å².